The smallest absolute Gasteiger partial charge is 0.394 e. The Labute approximate surface area is 186 Å². The van der Waals surface area contributed by atoms with E-state index in [1.807, 2.05) is 6.92 Å². The third kappa shape index (κ3) is 4.77. The molecule has 2 aromatic heterocycles. The number of carbonyl (C=O) groups is 1. The molecule has 0 saturated carbocycles. The van der Waals surface area contributed by atoms with Gasteiger partial charge in [-0.1, -0.05) is 12.1 Å². The summed E-state index contributed by atoms with van der Waals surface area (Å²) in [6, 6.07) is 9.31. The van der Waals surface area contributed by atoms with Crippen molar-refractivity contribution in [2.75, 3.05) is 17.2 Å². The Bertz CT molecular complexity index is 1320. The predicted octanol–water partition coefficient (Wildman–Crippen LogP) is 4.14. The average Bonchev–Trinajstić information content (AvgIpc) is 3.20. The third-order valence-electron chi connectivity index (χ3n) is 4.95. The molecule has 4 aromatic rings. The van der Waals surface area contributed by atoms with Crippen LogP contribution in [0.1, 0.15) is 21.5 Å². The molecule has 0 saturated heterocycles. The molecule has 170 valence electrons. The molecule has 2 heterocycles. The summed E-state index contributed by atoms with van der Waals surface area (Å²) in [7, 11) is 0. The van der Waals surface area contributed by atoms with Gasteiger partial charge in [0, 0.05) is 16.9 Å². The van der Waals surface area contributed by atoms with Gasteiger partial charge in [-0.25, -0.2) is 14.6 Å². The van der Waals surface area contributed by atoms with Gasteiger partial charge in [0.1, 0.15) is 12.1 Å². The fourth-order valence-electron chi connectivity index (χ4n) is 3.25. The van der Waals surface area contributed by atoms with Crippen molar-refractivity contribution < 1.29 is 23.1 Å². The van der Waals surface area contributed by atoms with Crippen LogP contribution in [-0.4, -0.2) is 37.4 Å². The predicted molar refractivity (Wildman–Crippen MR) is 116 cm³/mol. The van der Waals surface area contributed by atoms with E-state index in [9.17, 15) is 18.0 Å². The zero-order valence-electron chi connectivity index (χ0n) is 17.4. The number of benzene rings is 2. The van der Waals surface area contributed by atoms with E-state index < -0.39 is 17.6 Å². The minimum Gasteiger partial charge on any atom is -0.394 e. The summed E-state index contributed by atoms with van der Waals surface area (Å²) in [5, 5.41) is 19.8. The number of aliphatic hydroxyl groups is 1. The first-order valence-electron chi connectivity index (χ1n) is 9.90. The molecule has 1 amide bonds. The summed E-state index contributed by atoms with van der Waals surface area (Å²) in [6.45, 7) is 2.06. The number of aryl methyl sites for hydroxylation is 1. The van der Waals surface area contributed by atoms with Crippen molar-refractivity contribution in [3.8, 4) is 0 Å². The maximum absolute atomic E-state index is 12.9. The number of hydrogen-bond acceptors (Lipinski definition) is 6. The van der Waals surface area contributed by atoms with Crippen LogP contribution in [0, 0.1) is 6.92 Å². The van der Waals surface area contributed by atoms with Crippen molar-refractivity contribution >= 4 is 34.1 Å². The van der Waals surface area contributed by atoms with Crippen LogP contribution in [0.5, 0.6) is 0 Å². The van der Waals surface area contributed by atoms with Gasteiger partial charge in [-0.3, -0.25) is 4.79 Å². The summed E-state index contributed by atoms with van der Waals surface area (Å²) in [5.41, 5.74) is 1.43. The second-order valence-electron chi connectivity index (χ2n) is 7.24. The molecule has 0 aliphatic carbocycles. The second-order valence-corrected chi connectivity index (χ2v) is 7.24. The largest absolute Gasteiger partial charge is 0.416 e. The zero-order chi connectivity index (χ0) is 23.6. The lowest BCUT2D eigenvalue weighted by Gasteiger charge is -2.13. The molecule has 8 nitrogen and oxygen atoms in total. The first kappa shape index (κ1) is 22.2. The SMILES string of the molecule is Cc1ccc(NC(=O)c2cccc(C(F)(F)F)c2)cc1Nc1ncnc2c1cnn2CCO. The molecule has 0 spiro atoms. The lowest BCUT2D eigenvalue weighted by molar-refractivity contribution is -0.137. The Morgan fingerprint density at radius 3 is 2.73 bits per heavy atom. The van der Waals surface area contributed by atoms with Crippen molar-refractivity contribution in [1.29, 1.82) is 0 Å². The van der Waals surface area contributed by atoms with E-state index in [2.05, 4.69) is 25.7 Å². The van der Waals surface area contributed by atoms with Crippen molar-refractivity contribution in [3.63, 3.8) is 0 Å². The number of nitrogens with one attached hydrogen (secondary N) is 2. The van der Waals surface area contributed by atoms with Crippen molar-refractivity contribution in [2.45, 2.75) is 19.6 Å². The summed E-state index contributed by atoms with van der Waals surface area (Å²) >= 11 is 0. The van der Waals surface area contributed by atoms with Crippen LogP contribution in [0.25, 0.3) is 11.0 Å². The first-order chi connectivity index (χ1) is 15.8. The molecule has 4 rings (SSSR count). The molecule has 0 unspecified atom stereocenters. The number of halogens is 3. The normalized spacial score (nSPS) is 11.5. The monoisotopic (exact) mass is 456 g/mol. The van der Waals surface area contributed by atoms with Crippen LogP contribution >= 0.6 is 0 Å². The fraction of sp³-hybridized carbons (Fsp3) is 0.182. The van der Waals surface area contributed by atoms with E-state index in [1.165, 1.54) is 18.5 Å². The molecule has 33 heavy (non-hydrogen) atoms. The molecule has 0 bridgehead atoms. The van der Waals surface area contributed by atoms with E-state index in [0.717, 1.165) is 17.7 Å². The lowest BCUT2D eigenvalue weighted by atomic mass is 10.1. The second kappa shape index (κ2) is 8.87. The minimum absolute atomic E-state index is 0.0870. The number of aromatic nitrogens is 4. The van der Waals surface area contributed by atoms with Gasteiger partial charge in [0.15, 0.2) is 5.65 Å². The average molecular weight is 456 g/mol. The molecule has 3 N–H and O–H groups in total. The Morgan fingerprint density at radius 2 is 1.97 bits per heavy atom. The van der Waals surface area contributed by atoms with Gasteiger partial charge in [-0.05, 0) is 42.8 Å². The Hall–Kier alpha value is -3.99. The summed E-state index contributed by atoms with van der Waals surface area (Å²) < 4.78 is 40.4. The summed E-state index contributed by atoms with van der Waals surface area (Å²) in [5.74, 6) is -0.181. The highest BCUT2D eigenvalue weighted by molar-refractivity contribution is 6.04. The molecule has 0 fully saturated rings. The number of amides is 1. The Balaban J connectivity index is 1.58. The summed E-state index contributed by atoms with van der Waals surface area (Å²) in [4.78, 5) is 21.0. The number of carbonyl (C=O) groups excluding carboxylic acids is 1. The van der Waals surface area contributed by atoms with E-state index in [0.29, 0.717) is 28.2 Å². The topological polar surface area (TPSA) is 105 Å². The lowest BCUT2D eigenvalue weighted by Crippen LogP contribution is -2.14. The van der Waals surface area contributed by atoms with Crippen LogP contribution in [-0.2, 0) is 12.7 Å². The molecule has 0 atom stereocenters. The highest BCUT2D eigenvalue weighted by Crippen LogP contribution is 2.30. The first-order valence-corrected chi connectivity index (χ1v) is 9.90. The van der Waals surface area contributed by atoms with E-state index >= 15 is 0 Å². The van der Waals surface area contributed by atoms with Gasteiger partial charge < -0.3 is 15.7 Å². The van der Waals surface area contributed by atoms with Gasteiger partial charge in [0.05, 0.1) is 30.3 Å². The van der Waals surface area contributed by atoms with Gasteiger partial charge in [-0.15, -0.1) is 0 Å². The fourth-order valence-corrected chi connectivity index (χ4v) is 3.25. The third-order valence-corrected chi connectivity index (χ3v) is 4.95. The number of nitrogens with zero attached hydrogens (tertiary/aromatic N) is 4. The van der Waals surface area contributed by atoms with Crippen LogP contribution in [0.2, 0.25) is 0 Å². The van der Waals surface area contributed by atoms with Crippen molar-refractivity contribution in [1.82, 2.24) is 19.7 Å². The minimum atomic E-state index is -4.54. The van der Waals surface area contributed by atoms with Crippen molar-refractivity contribution in [3.05, 3.63) is 71.7 Å². The number of hydrogen-bond donors (Lipinski definition) is 3. The van der Waals surface area contributed by atoms with Crippen LogP contribution in [0.3, 0.4) is 0 Å². The number of anilines is 3. The maximum Gasteiger partial charge on any atom is 0.416 e. The molecular formula is C22H19F3N6O2. The zero-order valence-corrected chi connectivity index (χ0v) is 17.4. The summed E-state index contributed by atoms with van der Waals surface area (Å²) in [6.07, 6.45) is -1.58. The number of aliphatic hydroxyl groups excluding tert-OH is 1. The van der Waals surface area contributed by atoms with Crippen LogP contribution in [0.4, 0.5) is 30.4 Å². The Kier molecular flexibility index (Phi) is 5.97. The van der Waals surface area contributed by atoms with E-state index in [1.54, 1.807) is 29.1 Å². The highest BCUT2D eigenvalue weighted by Gasteiger charge is 2.30. The molecule has 2 aromatic carbocycles. The van der Waals surface area contributed by atoms with E-state index in [-0.39, 0.29) is 18.7 Å². The molecule has 0 aliphatic rings. The standard InChI is InChI=1S/C22H19F3N6O2/c1-13-5-6-16(29-21(33)14-3-2-4-15(9-14)22(23,24)25)10-18(13)30-19-17-11-28-31(7-8-32)20(17)27-12-26-19/h2-6,9-12,32H,7-8H2,1H3,(H,29,33)(H,26,27,30). The van der Waals surface area contributed by atoms with Gasteiger partial charge >= 0.3 is 6.18 Å². The molecular weight excluding hydrogens is 437 g/mol. The van der Waals surface area contributed by atoms with Crippen molar-refractivity contribution in [2.24, 2.45) is 0 Å². The van der Waals surface area contributed by atoms with Gasteiger partial charge in [0.2, 0.25) is 0 Å². The molecule has 11 heteroatoms. The van der Waals surface area contributed by atoms with E-state index in [4.69, 9.17) is 5.11 Å². The quantitative estimate of drug-likeness (QED) is 0.403. The highest BCUT2D eigenvalue weighted by atomic mass is 19.4. The number of alkyl halides is 3. The van der Waals surface area contributed by atoms with Gasteiger partial charge in [-0.2, -0.15) is 18.3 Å². The molecule has 0 aliphatic heterocycles. The number of fused-ring (bicyclic) bond motifs is 1. The van der Waals surface area contributed by atoms with Crippen LogP contribution < -0.4 is 10.6 Å². The Morgan fingerprint density at radius 1 is 1.15 bits per heavy atom. The van der Waals surface area contributed by atoms with Gasteiger partial charge in [0.25, 0.3) is 5.91 Å². The molecule has 0 radical (unpaired) electrons. The number of rotatable bonds is 6. The maximum atomic E-state index is 12.9. The van der Waals surface area contributed by atoms with Crippen LogP contribution in [0.15, 0.2) is 55.0 Å².